The Bertz CT molecular complexity index is 956. The van der Waals surface area contributed by atoms with Gasteiger partial charge in [0.25, 0.3) is 11.8 Å². The number of fused-ring (bicyclic) bond motifs is 5. The number of hydrogen-bond acceptors (Lipinski definition) is 7. The molecule has 0 radical (unpaired) electrons. The van der Waals surface area contributed by atoms with E-state index in [1.165, 1.54) is 25.3 Å². The van der Waals surface area contributed by atoms with E-state index in [0.29, 0.717) is 0 Å². The van der Waals surface area contributed by atoms with Gasteiger partial charge in [-0.2, -0.15) is 10.1 Å². The molecule has 150 valence electrons. The number of ether oxygens (including phenoxy) is 1. The van der Waals surface area contributed by atoms with E-state index in [1.807, 2.05) is 12.2 Å². The van der Waals surface area contributed by atoms with Crippen molar-refractivity contribution < 1.29 is 29.2 Å². The minimum atomic E-state index is -1.27. The number of carboxylic acids is 1. The van der Waals surface area contributed by atoms with E-state index in [-0.39, 0.29) is 46.8 Å². The number of aliphatic carboxylic acids is 1. The van der Waals surface area contributed by atoms with Gasteiger partial charge in [-0.05, 0) is 37.3 Å². The molecule has 0 unspecified atom stereocenters. The average Bonchev–Trinajstić information content (AvgIpc) is 3.35. The monoisotopic (exact) mass is 399 g/mol. The van der Waals surface area contributed by atoms with Crippen LogP contribution in [-0.2, 0) is 14.4 Å². The van der Waals surface area contributed by atoms with Crippen molar-refractivity contribution in [1.29, 1.82) is 0 Å². The molecule has 1 heterocycles. The molecule has 10 heteroatoms. The van der Waals surface area contributed by atoms with E-state index in [0.717, 1.165) is 17.5 Å². The highest BCUT2D eigenvalue weighted by Gasteiger charge is 2.59. The first-order valence-corrected chi connectivity index (χ1v) is 9.06. The minimum absolute atomic E-state index is 0.0652. The van der Waals surface area contributed by atoms with E-state index in [4.69, 9.17) is 9.84 Å². The Kier molecular flexibility index (Phi) is 4.40. The van der Waals surface area contributed by atoms with Crippen LogP contribution in [0.15, 0.2) is 35.5 Å². The number of benzene rings is 1. The average molecular weight is 399 g/mol. The SMILES string of the molecule is C[C@H](Oc1ccc(C=NN2C(=O)[C@@H]3[C@H](C2=O)[C@H]2C=C[C@H]3C2)cc1[N+](=O)[O-])C(=O)O. The third-order valence-corrected chi connectivity index (χ3v) is 5.60. The summed E-state index contributed by atoms with van der Waals surface area (Å²) < 4.78 is 5.10. The van der Waals surface area contributed by atoms with Crippen molar-refractivity contribution in [1.82, 2.24) is 5.01 Å². The van der Waals surface area contributed by atoms with Gasteiger partial charge < -0.3 is 9.84 Å². The molecule has 4 rings (SSSR count). The molecule has 0 spiro atoms. The molecule has 29 heavy (non-hydrogen) atoms. The van der Waals surface area contributed by atoms with E-state index in [9.17, 15) is 24.5 Å². The van der Waals surface area contributed by atoms with Crippen LogP contribution in [0, 0.1) is 33.8 Å². The zero-order valence-electron chi connectivity index (χ0n) is 15.3. The highest BCUT2D eigenvalue weighted by molar-refractivity contribution is 6.06. The quantitative estimate of drug-likeness (QED) is 0.252. The standard InChI is InChI=1S/C19H17N3O7/c1-9(19(25)26)29-14-5-2-10(6-13(14)22(27)28)8-20-21-17(23)15-11-3-4-12(7-11)16(15)18(21)24/h2-6,8-9,11-12,15-16H,7H2,1H3,(H,25,26)/t9-,11-,12-,15-,16+/m0/s1. The Labute approximate surface area is 164 Å². The van der Waals surface area contributed by atoms with Gasteiger partial charge in [0, 0.05) is 11.6 Å². The topological polar surface area (TPSA) is 139 Å². The zero-order chi connectivity index (χ0) is 20.9. The van der Waals surface area contributed by atoms with E-state index in [1.54, 1.807) is 0 Å². The van der Waals surface area contributed by atoms with Crippen molar-refractivity contribution in [2.45, 2.75) is 19.4 Å². The first-order chi connectivity index (χ1) is 13.8. The van der Waals surface area contributed by atoms with Gasteiger partial charge in [-0.15, -0.1) is 0 Å². The third kappa shape index (κ3) is 3.06. The molecule has 1 saturated heterocycles. The van der Waals surface area contributed by atoms with Crippen molar-refractivity contribution in [3.8, 4) is 5.75 Å². The van der Waals surface area contributed by atoms with Crippen LogP contribution in [0.25, 0.3) is 0 Å². The number of nitro groups is 1. The number of amides is 2. The van der Waals surface area contributed by atoms with Gasteiger partial charge in [-0.3, -0.25) is 19.7 Å². The molecule has 1 aliphatic heterocycles. The predicted octanol–water partition coefficient (Wildman–Crippen LogP) is 1.59. The Hall–Kier alpha value is -3.56. The number of nitrogens with zero attached hydrogens (tertiary/aromatic N) is 3. The molecular weight excluding hydrogens is 382 g/mol. The molecule has 10 nitrogen and oxygen atoms in total. The smallest absolute Gasteiger partial charge is 0.344 e. The molecule has 1 aromatic carbocycles. The number of carbonyl (C=O) groups excluding carboxylic acids is 2. The molecule has 2 bridgehead atoms. The summed E-state index contributed by atoms with van der Waals surface area (Å²) in [6.45, 7) is 1.25. The summed E-state index contributed by atoms with van der Waals surface area (Å²) in [6, 6.07) is 3.83. The summed E-state index contributed by atoms with van der Waals surface area (Å²) in [7, 11) is 0. The van der Waals surface area contributed by atoms with Crippen LogP contribution in [0.5, 0.6) is 5.75 Å². The summed E-state index contributed by atoms with van der Waals surface area (Å²) in [4.78, 5) is 46.7. The fraction of sp³-hybridized carbons (Fsp3) is 0.368. The molecule has 0 aromatic heterocycles. The fourth-order valence-electron chi connectivity index (χ4n) is 4.22. The van der Waals surface area contributed by atoms with Crippen LogP contribution in [0.3, 0.4) is 0 Å². The number of carbonyl (C=O) groups is 3. The van der Waals surface area contributed by atoms with Crippen molar-refractivity contribution in [3.63, 3.8) is 0 Å². The van der Waals surface area contributed by atoms with Gasteiger partial charge >= 0.3 is 11.7 Å². The molecule has 1 aromatic rings. The molecule has 1 N–H and O–H groups in total. The summed E-state index contributed by atoms with van der Waals surface area (Å²) in [6.07, 6.45) is 4.70. The number of allylic oxidation sites excluding steroid dienone is 2. The maximum Gasteiger partial charge on any atom is 0.344 e. The van der Waals surface area contributed by atoms with Crippen molar-refractivity contribution in [2.24, 2.45) is 28.8 Å². The zero-order valence-corrected chi connectivity index (χ0v) is 15.3. The van der Waals surface area contributed by atoms with Crippen LogP contribution < -0.4 is 4.74 Å². The first-order valence-electron chi connectivity index (χ1n) is 9.06. The molecule has 1 saturated carbocycles. The molecule has 2 fully saturated rings. The minimum Gasteiger partial charge on any atom is -0.479 e. The van der Waals surface area contributed by atoms with E-state index >= 15 is 0 Å². The Morgan fingerprint density at radius 2 is 1.93 bits per heavy atom. The van der Waals surface area contributed by atoms with Crippen LogP contribution in [0.4, 0.5) is 5.69 Å². The van der Waals surface area contributed by atoms with Gasteiger partial charge in [0.1, 0.15) is 0 Å². The summed E-state index contributed by atoms with van der Waals surface area (Å²) in [5.41, 5.74) is -0.175. The van der Waals surface area contributed by atoms with Crippen LogP contribution in [0.1, 0.15) is 18.9 Å². The number of rotatable bonds is 6. The lowest BCUT2D eigenvalue weighted by Gasteiger charge is -2.13. The van der Waals surface area contributed by atoms with Gasteiger partial charge in [0.2, 0.25) is 0 Å². The molecule has 2 amide bonds. The number of nitro benzene ring substituents is 1. The number of hydrogen-bond donors (Lipinski definition) is 1. The summed E-state index contributed by atoms with van der Waals surface area (Å²) in [5, 5.41) is 25.0. The fourth-order valence-corrected chi connectivity index (χ4v) is 4.22. The Balaban J connectivity index is 1.55. The highest BCUT2D eigenvalue weighted by Crippen LogP contribution is 2.52. The summed E-state index contributed by atoms with van der Waals surface area (Å²) >= 11 is 0. The number of imide groups is 1. The second kappa shape index (κ2) is 6.80. The van der Waals surface area contributed by atoms with Gasteiger partial charge in [0.15, 0.2) is 11.9 Å². The maximum atomic E-state index is 12.6. The van der Waals surface area contributed by atoms with Crippen LogP contribution >= 0.6 is 0 Å². The largest absolute Gasteiger partial charge is 0.479 e. The van der Waals surface area contributed by atoms with E-state index < -0.39 is 22.7 Å². The first kappa shape index (κ1) is 18.8. The molecule has 5 atom stereocenters. The second-order valence-corrected chi connectivity index (χ2v) is 7.32. The van der Waals surface area contributed by atoms with Crippen molar-refractivity contribution >= 4 is 29.7 Å². The maximum absolute atomic E-state index is 12.6. The van der Waals surface area contributed by atoms with Crippen molar-refractivity contribution in [2.75, 3.05) is 0 Å². The third-order valence-electron chi connectivity index (χ3n) is 5.60. The van der Waals surface area contributed by atoms with Gasteiger partial charge in [0.05, 0.1) is 23.0 Å². The number of carboxylic acid groups (broad SMARTS) is 1. The van der Waals surface area contributed by atoms with Crippen LogP contribution in [0.2, 0.25) is 0 Å². The van der Waals surface area contributed by atoms with E-state index in [2.05, 4.69) is 5.10 Å². The van der Waals surface area contributed by atoms with Crippen molar-refractivity contribution in [3.05, 3.63) is 46.0 Å². The lowest BCUT2D eigenvalue weighted by atomic mass is 9.85. The normalized spacial score (nSPS) is 28.2. The predicted molar refractivity (Wildman–Crippen MR) is 98.0 cm³/mol. The Morgan fingerprint density at radius 3 is 2.48 bits per heavy atom. The Morgan fingerprint density at radius 1 is 1.31 bits per heavy atom. The van der Waals surface area contributed by atoms with Gasteiger partial charge in [-0.1, -0.05) is 12.2 Å². The lowest BCUT2D eigenvalue weighted by molar-refractivity contribution is -0.386. The summed E-state index contributed by atoms with van der Waals surface area (Å²) in [5.74, 6) is -2.78. The van der Waals surface area contributed by atoms with Gasteiger partial charge in [-0.25, -0.2) is 4.79 Å². The lowest BCUT2D eigenvalue weighted by Crippen LogP contribution is -2.28. The molecule has 2 aliphatic carbocycles. The molecular formula is C19H17N3O7. The number of hydrazone groups is 1. The van der Waals surface area contributed by atoms with Crippen LogP contribution in [-0.4, -0.2) is 45.1 Å². The highest BCUT2D eigenvalue weighted by atomic mass is 16.6. The molecule has 3 aliphatic rings. The second-order valence-electron chi connectivity index (χ2n) is 7.32.